The Balaban J connectivity index is 1.71. The number of thioether (sulfide) groups is 1. The quantitative estimate of drug-likeness (QED) is 0.739. The minimum Gasteiger partial charge on any atom is -0.491 e. The number of hydrogen-bond acceptors (Lipinski definition) is 3. The van der Waals surface area contributed by atoms with Gasteiger partial charge < -0.3 is 4.74 Å². The SMILES string of the molecule is Cc1cc(Br)cc(C=O)c1OCC1Cc2ccccc2S1. The first-order valence-electron chi connectivity index (χ1n) is 6.80. The predicted octanol–water partition coefficient (Wildman–Crippen LogP) is 4.67. The van der Waals surface area contributed by atoms with Gasteiger partial charge in [-0.2, -0.15) is 0 Å². The second-order valence-corrected chi connectivity index (χ2v) is 7.38. The van der Waals surface area contributed by atoms with E-state index in [2.05, 4.69) is 40.2 Å². The van der Waals surface area contributed by atoms with E-state index in [4.69, 9.17) is 4.74 Å². The summed E-state index contributed by atoms with van der Waals surface area (Å²) < 4.78 is 6.86. The van der Waals surface area contributed by atoms with E-state index in [1.165, 1.54) is 10.5 Å². The minimum atomic E-state index is 0.407. The highest BCUT2D eigenvalue weighted by molar-refractivity contribution is 9.10. The number of hydrogen-bond donors (Lipinski definition) is 0. The molecule has 1 aliphatic heterocycles. The van der Waals surface area contributed by atoms with Crippen LogP contribution in [0.2, 0.25) is 0 Å². The molecule has 2 aromatic rings. The molecule has 0 N–H and O–H groups in total. The third kappa shape index (κ3) is 3.16. The molecule has 0 aliphatic carbocycles. The van der Waals surface area contributed by atoms with Crippen molar-refractivity contribution in [2.75, 3.05) is 6.61 Å². The van der Waals surface area contributed by atoms with E-state index in [0.717, 1.165) is 22.7 Å². The van der Waals surface area contributed by atoms with Crippen molar-refractivity contribution in [3.8, 4) is 5.75 Å². The Labute approximate surface area is 137 Å². The number of ether oxygens (including phenoxy) is 1. The first-order chi connectivity index (χ1) is 10.2. The van der Waals surface area contributed by atoms with Crippen LogP contribution in [-0.4, -0.2) is 18.1 Å². The summed E-state index contributed by atoms with van der Waals surface area (Å²) in [5, 5.41) is 0.407. The first-order valence-corrected chi connectivity index (χ1v) is 8.47. The summed E-state index contributed by atoms with van der Waals surface area (Å²) in [5.41, 5.74) is 2.97. The average Bonchev–Trinajstić information content (AvgIpc) is 2.88. The molecule has 0 aromatic heterocycles. The van der Waals surface area contributed by atoms with Crippen molar-refractivity contribution >= 4 is 34.0 Å². The molecule has 1 unspecified atom stereocenters. The molecule has 2 aromatic carbocycles. The van der Waals surface area contributed by atoms with Crippen LogP contribution in [0.5, 0.6) is 5.75 Å². The summed E-state index contributed by atoms with van der Waals surface area (Å²) in [5.74, 6) is 0.699. The number of halogens is 1. The fraction of sp³-hybridized carbons (Fsp3) is 0.235. The maximum absolute atomic E-state index is 11.2. The van der Waals surface area contributed by atoms with Crippen LogP contribution in [0.4, 0.5) is 0 Å². The minimum absolute atomic E-state index is 0.407. The van der Waals surface area contributed by atoms with Crippen LogP contribution < -0.4 is 4.74 Å². The number of benzene rings is 2. The van der Waals surface area contributed by atoms with E-state index in [1.54, 1.807) is 6.07 Å². The maximum Gasteiger partial charge on any atom is 0.153 e. The van der Waals surface area contributed by atoms with Gasteiger partial charge in [0.2, 0.25) is 0 Å². The van der Waals surface area contributed by atoms with E-state index in [9.17, 15) is 4.79 Å². The molecule has 0 spiro atoms. The zero-order valence-electron chi connectivity index (χ0n) is 11.6. The highest BCUT2D eigenvalue weighted by Gasteiger charge is 2.23. The van der Waals surface area contributed by atoms with Gasteiger partial charge in [0.1, 0.15) is 12.4 Å². The van der Waals surface area contributed by atoms with Crippen molar-refractivity contribution < 1.29 is 9.53 Å². The van der Waals surface area contributed by atoms with Crippen LogP contribution in [0.25, 0.3) is 0 Å². The fourth-order valence-corrected chi connectivity index (χ4v) is 4.37. The second-order valence-electron chi connectivity index (χ2n) is 5.12. The first kappa shape index (κ1) is 14.7. The molecule has 2 nitrogen and oxygen atoms in total. The Morgan fingerprint density at radius 1 is 1.38 bits per heavy atom. The molecule has 0 saturated carbocycles. The normalized spacial score (nSPS) is 16.6. The summed E-state index contributed by atoms with van der Waals surface area (Å²) in [6, 6.07) is 12.2. The van der Waals surface area contributed by atoms with Gasteiger partial charge in [-0.1, -0.05) is 34.1 Å². The topological polar surface area (TPSA) is 26.3 Å². The summed E-state index contributed by atoms with van der Waals surface area (Å²) in [4.78, 5) is 12.5. The van der Waals surface area contributed by atoms with E-state index in [-0.39, 0.29) is 0 Å². The van der Waals surface area contributed by atoms with Crippen LogP contribution in [0, 0.1) is 6.92 Å². The Kier molecular flexibility index (Phi) is 4.36. The molecule has 0 saturated heterocycles. The van der Waals surface area contributed by atoms with Gasteiger partial charge in [0, 0.05) is 14.6 Å². The lowest BCUT2D eigenvalue weighted by atomic mass is 10.1. The van der Waals surface area contributed by atoms with Crippen molar-refractivity contribution in [3.05, 3.63) is 57.6 Å². The molecule has 3 rings (SSSR count). The number of carbonyl (C=O) groups is 1. The highest BCUT2D eigenvalue weighted by atomic mass is 79.9. The smallest absolute Gasteiger partial charge is 0.153 e. The largest absolute Gasteiger partial charge is 0.491 e. The van der Waals surface area contributed by atoms with Crippen LogP contribution >= 0.6 is 27.7 Å². The lowest BCUT2D eigenvalue weighted by Crippen LogP contribution is -2.14. The van der Waals surface area contributed by atoms with Gasteiger partial charge in [-0.3, -0.25) is 4.79 Å². The lowest BCUT2D eigenvalue weighted by molar-refractivity contribution is 0.111. The number of aldehydes is 1. The fourth-order valence-electron chi connectivity index (χ4n) is 2.56. The monoisotopic (exact) mass is 362 g/mol. The van der Waals surface area contributed by atoms with Gasteiger partial charge in [0.25, 0.3) is 0 Å². The summed E-state index contributed by atoms with van der Waals surface area (Å²) >= 11 is 5.26. The summed E-state index contributed by atoms with van der Waals surface area (Å²) in [7, 11) is 0. The van der Waals surface area contributed by atoms with Crippen molar-refractivity contribution in [2.24, 2.45) is 0 Å². The molecular formula is C17H15BrO2S. The zero-order chi connectivity index (χ0) is 14.8. The number of fused-ring (bicyclic) bond motifs is 1. The molecular weight excluding hydrogens is 348 g/mol. The van der Waals surface area contributed by atoms with E-state index < -0.39 is 0 Å². The van der Waals surface area contributed by atoms with E-state index >= 15 is 0 Å². The molecule has 0 radical (unpaired) electrons. The summed E-state index contributed by atoms with van der Waals surface area (Å²) in [6.07, 6.45) is 1.87. The molecule has 0 bridgehead atoms. The Morgan fingerprint density at radius 3 is 2.95 bits per heavy atom. The second kappa shape index (κ2) is 6.24. The van der Waals surface area contributed by atoms with Crippen LogP contribution in [0.1, 0.15) is 21.5 Å². The van der Waals surface area contributed by atoms with Gasteiger partial charge in [-0.05, 0) is 42.7 Å². The third-order valence-electron chi connectivity index (χ3n) is 3.52. The van der Waals surface area contributed by atoms with Crippen molar-refractivity contribution in [3.63, 3.8) is 0 Å². The molecule has 1 heterocycles. The number of rotatable bonds is 4. The number of aryl methyl sites for hydroxylation is 1. The van der Waals surface area contributed by atoms with Gasteiger partial charge in [-0.25, -0.2) is 0 Å². The molecule has 1 aliphatic rings. The van der Waals surface area contributed by atoms with Crippen LogP contribution in [0.3, 0.4) is 0 Å². The van der Waals surface area contributed by atoms with Crippen molar-refractivity contribution in [2.45, 2.75) is 23.5 Å². The van der Waals surface area contributed by atoms with Gasteiger partial charge >= 0.3 is 0 Å². The van der Waals surface area contributed by atoms with E-state index in [1.807, 2.05) is 24.8 Å². The Morgan fingerprint density at radius 2 is 2.19 bits per heavy atom. The van der Waals surface area contributed by atoms with Gasteiger partial charge in [0.15, 0.2) is 6.29 Å². The molecule has 4 heteroatoms. The lowest BCUT2D eigenvalue weighted by Gasteiger charge is -2.15. The number of carbonyl (C=O) groups excluding carboxylic acids is 1. The molecule has 0 fully saturated rings. The Bertz CT molecular complexity index is 659. The van der Waals surface area contributed by atoms with Crippen LogP contribution in [0.15, 0.2) is 45.8 Å². The predicted molar refractivity (Wildman–Crippen MR) is 89.6 cm³/mol. The molecule has 108 valence electrons. The standard InChI is InChI=1S/C17H15BrO2S/c1-11-6-14(18)7-13(9-19)17(11)20-10-15-8-12-4-2-3-5-16(12)21-15/h2-7,9,15H,8,10H2,1H3. The maximum atomic E-state index is 11.2. The van der Waals surface area contributed by atoms with Crippen molar-refractivity contribution in [1.29, 1.82) is 0 Å². The Hall–Kier alpha value is -1.26. The molecule has 1 atom stereocenters. The van der Waals surface area contributed by atoms with E-state index in [0.29, 0.717) is 23.2 Å². The summed E-state index contributed by atoms with van der Waals surface area (Å²) in [6.45, 7) is 2.58. The third-order valence-corrected chi connectivity index (χ3v) is 5.27. The van der Waals surface area contributed by atoms with Crippen molar-refractivity contribution in [1.82, 2.24) is 0 Å². The average molecular weight is 363 g/mol. The molecule has 21 heavy (non-hydrogen) atoms. The van der Waals surface area contributed by atoms with Gasteiger partial charge in [-0.15, -0.1) is 11.8 Å². The zero-order valence-corrected chi connectivity index (χ0v) is 14.0. The highest BCUT2D eigenvalue weighted by Crippen LogP contribution is 2.37. The molecule has 0 amide bonds. The van der Waals surface area contributed by atoms with Gasteiger partial charge in [0.05, 0.1) is 5.56 Å². The van der Waals surface area contributed by atoms with Crippen LogP contribution in [-0.2, 0) is 6.42 Å².